The highest BCUT2D eigenvalue weighted by Crippen LogP contribution is 2.33. The largest absolute Gasteiger partial charge is 0.493 e. The number of nitrogens with zero attached hydrogens (tertiary/aromatic N) is 1. The number of unbranched alkanes of at least 4 members (excludes halogenated alkanes) is 1. The summed E-state index contributed by atoms with van der Waals surface area (Å²) in [4.78, 5) is 0.392. The highest BCUT2D eigenvalue weighted by molar-refractivity contribution is 7.89. The monoisotopic (exact) mass is 347 g/mol. The molecule has 0 aliphatic carbocycles. The molecule has 1 aliphatic heterocycles. The van der Waals surface area contributed by atoms with Gasteiger partial charge in [-0.15, -0.1) is 0 Å². The maximum Gasteiger partial charge on any atom is 0.243 e. The van der Waals surface area contributed by atoms with Crippen LogP contribution >= 0.6 is 0 Å². The predicted octanol–water partition coefficient (Wildman–Crippen LogP) is 4.19. The van der Waals surface area contributed by atoms with Gasteiger partial charge in [-0.1, -0.05) is 44.0 Å². The molecule has 5 heteroatoms. The third-order valence-electron chi connectivity index (χ3n) is 4.53. The first-order valence-electron chi connectivity index (χ1n) is 8.79. The summed E-state index contributed by atoms with van der Waals surface area (Å²) in [6.07, 6.45) is 5.04. The van der Waals surface area contributed by atoms with E-state index in [1.54, 1.807) is 16.4 Å². The summed E-state index contributed by atoms with van der Waals surface area (Å²) in [7, 11) is -3.45. The number of piperidine rings is 1. The van der Waals surface area contributed by atoms with E-state index < -0.39 is 10.0 Å². The molecule has 2 aromatic rings. The number of benzene rings is 2. The van der Waals surface area contributed by atoms with Gasteiger partial charge in [0.2, 0.25) is 10.0 Å². The zero-order chi connectivity index (χ0) is 17.0. The average molecular weight is 347 g/mol. The van der Waals surface area contributed by atoms with Crippen molar-refractivity contribution in [2.75, 3.05) is 19.7 Å². The van der Waals surface area contributed by atoms with Crippen molar-refractivity contribution in [1.82, 2.24) is 4.31 Å². The molecule has 3 rings (SSSR count). The molecule has 1 saturated heterocycles. The highest BCUT2D eigenvalue weighted by atomic mass is 32.2. The van der Waals surface area contributed by atoms with E-state index in [2.05, 4.69) is 6.92 Å². The second-order valence-corrected chi connectivity index (χ2v) is 8.18. The van der Waals surface area contributed by atoms with Gasteiger partial charge in [0.05, 0.1) is 11.5 Å². The Balaban J connectivity index is 2.01. The molecule has 0 radical (unpaired) electrons. The number of sulfonamides is 1. The van der Waals surface area contributed by atoms with E-state index in [1.807, 2.05) is 24.3 Å². The van der Waals surface area contributed by atoms with Crippen molar-refractivity contribution >= 4 is 20.8 Å². The topological polar surface area (TPSA) is 46.6 Å². The van der Waals surface area contributed by atoms with Gasteiger partial charge in [0.1, 0.15) is 5.75 Å². The zero-order valence-electron chi connectivity index (χ0n) is 14.2. The van der Waals surface area contributed by atoms with Gasteiger partial charge in [0.15, 0.2) is 0 Å². The molecular weight excluding hydrogens is 322 g/mol. The molecule has 0 N–H and O–H groups in total. The maximum atomic E-state index is 13.1. The van der Waals surface area contributed by atoms with Crippen molar-refractivity contribution < 1.29 is 13.2 Å². The van der Waals surface area contributed by atoms with E-state index in [4.69, 9.17) is 4.74 Å². The lowest BCUT2D eigenvalue weighted by Gasteiger charge is -2.26. The van der Waals surface area contributed by atoms with Crippen molar-refractivity contribution in [1.29, 1.82) is 0 Å². The van der Waals surface area contributed by atoms with Crippen LogP contribution in [0.4, 0.5) is 0 Å². The molecule has 2 aromatic carbocycles. The fourth-order valence-corrected chi connectivity index (χ4v) is 4.88. The Labute approximate surface area is 144 Å². The maximum absolute atomic E-state index is 13.1. The van der Waals surface area contributed by atoms with Crippen LogP contribution in [0, 0.1) is 0 Å². The second-order valence-electron chi connectivity index (χ2n) is 6.27. The lowest BCUT2D eigenvalue weighted by molar-refractivity contribution is 0.313. The van der Waals surface area contributed by atoms with Crippen LogP contribution in [0.3, 0.4) is 0 Å². The summed E-state index contributed by atoms with van der Waals surface area (Å²) in [5.41, 5.74) is 0. The minimum absolute atomic E-state index is 0.392. The Morgan fingerprint density at radius 1 is 1.00 bits per heavy atom. The Morgan fingerprint density at radius 3 is 2.42 bits per heavy atom. The number of hydrogen-bond donors (Lipinski definition) is 0. The summed E-state index contributed by atoms with van der Waals surface area (Å²) in [6.45, 7) is 4.01. The van der Waals surface area contributed by atoms with Crippen molar-refractivity contribution in [2.24, 2.45) is 0 Å². The Bertz CT molecular complexity index is 795. The lowest BCUT2D eigenvalue weighted by atomic mass is 10.1. The first-order chi connectivity index (χ1) is 11.6. The van der Waals surface area contributed by atoms with Gasteiger partial charge in [-0.25, -0.2) is 8.42 Å². The summed E-state index contributed by atoms with van der Waals surface area (Å²) in [5, 5.41) is 1.61. The quantitative estimate of drug-likeness (QED) is 0.736. The molecule has 1 fully saturated rings. The Hall–Kier alpha value is -1.59. The van der Waals surface area contributed by atoms with Gasteiger partial charge in [-0.2, -0.15) is 4.31 Å². The smallest absolute Gasteiger partial charge is 0.243 e. The first kappa shape index (κ1) is 17.2. The Kier molecular flexibility index (Phi) is 5.41. The van der Waals surface area contributed by atoms with Crippen LogP contribution < -0.4 is 4.74 Å². The van der Waals surface area contributed by atoms with Crippen LogP contribution in [-0.4, -0.2) is 32.4 Å². The molecule has 1 aliphatic rings. The SMILES string of the molecule is CCCCOc1ccc(S(=O)(=O)N2CCCCC2)c2ccccc12. The van der Waals surface area contributed by atoms with E-state index in [-0.39, 0.29) is 0 Å². The first-order valence-corrected chi connectivity index (χ1v) is 10.2. The number of hydrogen-bond acceptors (Lipinski definition) is 3. The number of fused-ring (bicyclic) bond motifs is 1. The summed E-state index contributed by atoms with van der Waals surface area (Å²) in [6, 6.07) is 11.1. The van der Waals surface area contributed by atoms with Gasteiger partial charge in [-0.05, 0) is 31.4 Å². The van der Waals surface area contributed by atoms with Crippen LogP contribution in [0.1, 0.15) is 39.0 Å². The highest BCUT2D eigenvalue weighted by Gasteiger charge is 2.28. The fraction of sp³-hybridized carbons (Fsp3) is 0.474. The van der Waals surface area contributed by atoms with Crippen LogP contribution in [0.5, 0.6) is 5.75 Å². The van der Waals surface area contributed by atoms with E-state index in [1.165, 1.54) is 0 Å². The molecule has 0 spiro atoms. The third-order valence-corrected chi connectivity index (χ3v) is 6.49. The molecule has 0 saturated carbocycles. The number of ether oxygens (including phenoxy) is 1. The average Bonchev–Trinajstić information content (AvgIpc) is 2.62. The molecule has 24 heavy (non-hydrogen) atoms. The van der Waals surface area contributed by atoms with Crippen LogP contribution in [0.25, 0.3) is 10.8 Å². The minimum atomic E-state index is -3.45. The van der Waals surface area contributed by atoms with Gasteiger partial charge in [0.25, 0.3) is 0 Å². The second kappa shape index (κ2) is 7.53. The van der Waals surface area contributed by atoms with Gasteiger partial charge in [0, 0.05) is 23.9 Å². The summed E-state index contributed by atoms with van der Waals surface area (Å²) in [5.74, 6) is 0.761. The zero-order valence-corrected chi connectivity index (χ0v) is 15.0. The molecule has 0 amide bonds. The van der Waals surface area contributed by atoms with Gasteiger partial charge < -0.3 is 4.74 Å². The van der Waals surface area contributed by atoms with Crippen molar-refractivity contribution in [3.8, 4) is 5.75 Å². The lowest BCUT2D eigenvalue weighted by Crippen LogP contribution is -2.35. The van der Waals surface area contributed by atoms with Crippen molar-refractivity contribution in [3.05, 3.63) is 36.4 Å². The molecule has 0 unspecified atom stereocenters. The van der Waals surface area contributed by atoms with E-state index in [0.717, 1.165) is 48.6 Å². The molecular formula is C19H25NO3S. The van der Waals surface area contributed by atoms with Crippen LogP contribution in [-0.2, 0) is 10.0 Å². The molecule has 0 atom stereocenters. The van der Waals surface area contributed by atoms with Gasteiger partial charge in [-0.3, -0.25) is 0 Å². The van der Waals surface area contributed by atoms with E-state index >= 15 is 0 Å². The van der Waals surface area contributed by atoms with E-state index in [9.17, 15) is 8.42 Å². The third kappa shape index (κ3) is 3.42. The number of rotatable bonds is 6. The summed E-state index contributed by atoms with van der Waals surface area (Å²) < 4.78 is 33.6. The van der Waals surface area contributed by atoms with Crippen molar-refractivity contribution in [2.45, 2.75) is 43.9 Å². The fourth-order valence-electron chi connectivity index (χ4n) is 3.17. The molecule has 0 aromatic heterocycles. The summed E-state index contributed by atoms with van der Waals surface area (Å²) >= 11 is 0. The van der Waals surface area contributed by atoms with Crippen LogP contribution in [0.2, 0.25) is 0 Å². The van der Waals surface area contributed by atoms with Crippen molar-refractivity contribution in [3.63, 3.8) is 0 Å². The molecule has 1 heterocycles. The predicted molar refractivity (Wildman–Crippen MR) is 97.0 cm³/mol. The van der Waals surface area contributed by atoms with E-state index in [0.29, 0.717) is 24.6 Å². The molecule has 4 nitrogen and oxygen atoms in total. The Morgan fingerprint density at radius 2 is 1.71 bits per heavy atom. The van der Waals surface area contributed by atoms with Crippen LogP contribution in [0.15, 0.2) is 41.3 Å². The normalized spacial score (nSPS) is 16.4. The standard InChI is InChI=1S/C19H25NO3S/c1-2-3-15-23-18-11-12-19(17-10-6-5-9-16(17)18)24(21,22)20-13-7-4-8-14-20/h5-6,9-12H,2-4,7-8,13-15H2,1H3. The van der Waals surface area contributed by atoms with Gasteiger partial charge >= 0.3 is 0 Å². The minimum Gasteiger partial charge on any atom is -0.493 e. The molecule has 130 valence electrons. The molecule has 0 bridgehead atoms.